The summed E-state index contributed by atoms with van der Waals surface area (Å²) in [5.74, 6) is 0.501. The number of hydrogen-bond acceptors (Lipinski definition) is 4. The predicted octanol–water partition coefficient (Wildman–Crippen LogP) is 4.77. The molecular weight excluding hydrogens is 418 g/mol. The smallest absolute Gasteiger partial charge is 0.234 e. The lowest BCUT2D eigenvalue weighted by molar-refractivity contribution is -0.139. The van der Waals surface area contributed by atoms with Crippen LogP contribution in [0.25, 0.3) is 0 Å². The second kappa shape index (κ2) is 9.75. The number of rotatable bonds is 5. The first-order valence-corrected chi connectivity index (χ1v) is 11.4. The number of nitrogens with one attached hydrogen (secondary N) is 1. The minimum Gasteiger partial charge on any atom is -0.368 e. The molecule has 0 radical (unpaired) electrons. The van der Waals surface area contributed by atoms with Gasteiger partial charge in [-0.25, -0.2) is 0 Å². The quantitative estimate of drug-likeness (QED) is 0.674. The van der Waals surface area contributed by atoms with Gasteiger partial charge in [0.15, 0.2) is 0 Å². The van der Waals surface area contributed by atoms with Crippen LogP contribution in [0.15, 0.2) is 53.4 Å². The Morgan fingerprint density at radius 2 is 1.57 bits per heavy atom. The first kappa shape index (κ1) is 22.5. The highest BCUT2D eigenvalue weighted by molar-refractivity contribution is 8.00. The summed E-state index contributed by atoms with van der Waals surface area (Å²) in [6, 6.07) is 15.3. The van der Waals surface area contributed by atoms with E-state index in [0.29, 0.717) is 10.8 Å². The van der Waals surface area contributed by atoms with Gasteiger partial charge in [-0.3, -0.25) is 9.59 Å². The number of nitrogens with zero attached hydrogens (tertiary/aromatic N) is 2. The fourth-order valence-electron chi connectivity index (χ4n) is 3.27. The lowest BCUT2D eigenvalue weighted by atomic mass is 9.94. The van der Waals surface area contributed by atoms with E-state index < -0.39 is 0 Å². The fraction of sp³-hybridized carbons (Fsp3) is 0.391. The topological polar surface area (TPSA) is 52.7 Å². The highest BCUT2D eigenvalue weighted by Gasteiger charge is 2.29. The van der Waals surface area contributed by atoms with Gasteiger partial charge in [-0.05, 0) is 48.5 Å². The van der Waals surface area contributed by atoms with Crippen molar-refractivity contribution in [3.8, 4) is 0 Å². The van der Waals surface area contributed by atoms with Crippen LogP contribution < -0.4 is 10.2 Å². The highest BCUT2D eigenvalue weighted by Crippen LogP contribution is 2.24. The monoisotopic (exact) mass is 445 g/mol. The maximum atomic E-state index is 12.4. The molecule has 1 fully saturated rings. The van der Waals surface area contributed by atoms with Crippen LogP contribution in [-0.2, 0) is 9.59 Å². The third kappa shape index (κ3) is 6.16. The van der Waals surface area contributed by atoms with Crippen molar-refractivity contribution in [1.29, 1.82) is 0 Å². The number of benzene rings is 2. The molecule has 1 aliphatic heterocycles. The van der Waals surface area contributed by atoms with Crippen molar-refractivity contribution in [2.24, 2.45) is 5.41 Å². The zero-order valence-corrected chi connectivity index (χ0v) is 19.2. The lowest BCUT2D eigenvalue weighted by Gasteiger charge is -2.38. The average Bonchev–Trinajstić information content (AvgIpc) is 2.73. The molecule has 3 rings (SSSR count). The van der Waals surface area contributed by atoms with Crippen LogP contribution >= 0.6 is 23.4 Å². The Morgan fingerprint density at radius 1 is 0.967 bits per heavy atom. The van der Waals surface area contributed by atoms with Crippen LogP contribution in [0.3, 0.4) is 0 Å². The maximum Gasteiger partial charge on any atom is 0.234 e. The van der Waals surface area contributed by atoms with E-state index in [4.69, 9.17) is 11.6 Å². The summed E-state index contributed by atoms with van der Waals surface area (Å²) in [5.41, 5.74) is 1.54. The Hall–Kier alpha value is -2.18. The minimum absolute atomic E-state index is 0.0444. The van der Waals surface area contributed by atoms with Crippen LogP contribution in [0.2, 0.25) is 5.02 Å². The van der Waals surface area contributed by atoms with Gasteiger partial charge in [-0.15, -0.1) is 11.8 Å². The van der Waals surface area contributed by atoms with E-state index in [1.54, 1.807) is 0 Å². The summed E-state index contributed by atoms with van der Waals surface area (Å²) in [6.07, 6.45) is 0. The van der Waals surface area contributed by atoms with Gasteiger partial charge < -0.3 is 15.1 Å². The molecule has 1 saturated heterocycles. The molecular formula is C23H28ClN3O2S. The molecule has 30 heavy (non-hydrogen) atoms. The molecule has 0 aromatic heterocycles. The van der Waals surface area contributed by atoms with Crippen molar-refractivity contribution in [3.63, 3.8) is 0 Å². The van der Waals surface area contributed by atoms with Crippen LogP contribution in [0, 0.1) is 5.41 Å². The van der Waals surface area contributed by atoms with Gasteiger partial charge in [0.2, 0.25) is 11.8 Å². The molecule has 1 heterocycles. The molecule has 0 spiro atoms. The molecule has 5 nitrogen and oxygen atoms in total. The van der Waals surface area contributed by atoms with Gasteiger partial charge >= 0.3 is 0 Å². The van der Waals surface area contributed by atoms with E-state index in [-0.39, 0.29) is 17.2 Å². The molecule has 0 saturated carbocycles. The number of hydrogen-bond donors (Lipinski definition) is 1. The van der Waals surface area contributed by atoms with Crippen LogP contribution in [0.5, 0.6) is 0 Å². The van der Waals surface area contributed by atoms with Crippen molar-refractivity contribution in [1.82, 2.24) is 4.90 Å². The third-order valence-electron chi connectivity index (χ3n) is 4.91. The molecule has 1 aliphatic rings. The molecule has 1 N–H and O–H groups in total. The molecule has 0 aliphatic carbocycles. The zero-order valence-electron chi connectivity index (χ0n) is 17.7. The van der Waals surface area contributed by atoms with Gasteiger partial charge in [-0.1, -0.05) is 32.4 Å². The van der Waals surface area contributed by atoms with Crippen molar-refractivity contribution in [2.75, 3.05) is 42.1 Å². The standard InChI is InChI=1S/C23H28ClN3O2S/c1-23(2,3)22(29)27-14-12-26(13-15-27)19-8-6-18(7-9-19)25-21(28)16-30-20-10-4-17(24)5-11-20/h4-11H,12-16H2,1-3H3,(H,25,28). The number of anilines is 2. The van der Waals surface area contributed by atoms with Crippen LogP contribution in [0.1, 0.15) is 20.8 Å². The highest BCUT2D eigenvalue weighted by atomic mass is 35.5. The SMILES string of the molecule is CC(C)(C)C(=O)N1CCN(c2ccc(NC(=O)CSc3ccc(Cl)cc3)cc2)CC1. The predicted molar refractivity (Wildman–Crippen MR) is 125 cm³/mol. The van der Waals surface area contributed by atoms with E-state index in [0.717, 1.165) is 42.4 Å². The molecule has 2 amide bonds. The summed E-state index contributed by atoms with van der Waals surface area (Å²) < 4.78 is 0. The van der Waals surface area contributed by atoms with Crippen molar-refractivity contribution in [2.45, 2.75) is 25.7 Å². The third-order valence-corrected chi connectivity index (χ3v) is 6.17. The second-order valence-electron chi connectivity index (χ2n) is 8.37. The number of carbonyl (C=O) groups excluding carboxylic acids is 2. The van der Waals surface area contributed by atoms with Crippen molar-refractivity contribution >= 4 is 46.6 Å². The first-order chi connectivity index (χ1) is 14.2. The largest absolute Gasteiger partial charge is 0.368 e. The van der Waals surface area contributed by atoms with Gasteiger partial charge in [-0.2, -0.15) is 0 Å². The molecule has 2 aromatic rings. The van der Waals surface area contributed by atoms with Gasteiger partial charge in [0.1, 0.15) is 0 Å². The summed E-state index contributed by atoms with van der Waals surface area (Å²) in [7, 11) is 0. The molecule has 0 atom stereocenters. The number of thioether (sulfide) groups is 1. The normalized spacial score (nSPS) is 14.5. The van der Waals surface area contributed by atoms with Crippen LogP contribution in [-0.4, -0.2) is 48.6 Å². The number of amides is 2. The zero-order chi connectivity index (χ0) is 21.7. The number of halogens is 1. The van der Waals surface area contributed by atoms with Crippen LogP contribution in [0.4, 0.5) is 11.4 Å². The Bertz CT molecular complexity index is 871. The number of piperazine rings is 1. The Kier molecular flexibility index (Phi) is 7.32. The molecule has 0 bridgehead atoms. The fourth-order valence-corrected chi connectivity index (χ4v) is 4.10. The van der Waals surface area contributed by atoms with Crippen molar-refractivity contribution < 1.29 is 9.59 Å². The summed E-state index contributed by atoms with van der Waals surface area (Å²) in [4.78, 5) is 29.9. The Balaban J connectivity index is 1.47. The number of carbonyl (C=O) groups is 2. The van der Waals surface area contributed by atoms with E-state index in [9.17, 15) is 9.59 Å². The summed E-state index contributed by atoms with van der Waals surface area (Å²) in [5, 5.41) is 3.62. The molecule has 0 unspecified atom stereocenters. The first-order valence-electron chi connectivity index (χ1n) is 10.0. The molecule has 2 aromatic carbocycles. The van der Waals surface area contributed by atoms with E-state index in [1.165, 1.54) is 11.8 Å². The lowest BCUT2D eigenvalue weighted by Crippen LogP contribution is -2.51. The Morgan fingerprint density at radius 3 is 2.13 bits per heavy atom. The average molecular weight is 446 g/mol. The van der Waals surface area contributed by atoms with Gasteiger partial charge in [0, 0.05) is 52.9 Å². The van der Waals surface area contributed by atoms with E-state index in [2.05, 4.69) is 10.2 Å². The minimum atomic E-state index is -0.339. The second-order valence-corrected chi connectivity index (χ2v) is 9.85. The van der Waals surface area contributed by atoms with E-state index in [1.807, 2.05) is 74.2 Å². The molecule has 160 valence electrons. The molecule has 7 heteroatoms. The Labute approximate surface area is 187 Å². The summed E-state index contributed by atoms with van der Waals surface area (Å²) >= 11 is 7.36. The van der Waals surface area contributed by atoms with Gasteiger partial charge in [0.05, 0.1) is 5.75 Å². The van der Waals surface area contributed by atoms with E-state index >= 15 is 0 Å². The summed E-state index contributed by atoms with van der Waals surface area (Å²) in [6.45, 7) is 8.97. The van der Waals surface area contributed by atoms with Gasteiger partial charge in [0.25, 0.3) is 0 Å². The van der Waals surface area contributed by atoms with Crippen molar-refractivity contribution in [3.05, 3.63) is 53.6 Å². The maximum absolute atomic E-state index is 12.4.